The average Bonchev–Trinajstić information content (AvgIpc) is 3.08. The van der Waals surface area contributed by atoms with E-state index in [-0.39, 0.29) is 94.7 Å². The van der Waals surface area contributed by atoms with E-state index in [1.165, 1.54) is 0 Å². The number of amides is 10. The van der Waals surface area contributed by atoms with Gasteiger partial charge >= 0.3 is 0 Å². The molecule has 0 aromatic heterocycles. The molecule has 0 saturated heterocycles. The molecule has 91 heavy (non-hydrogen) atoms. The van der Waals surface area contributed by atoms with Crippen LogP contribution in [-0.2, 0) is 54.4 Å². The normalized spacial score (nSPS) is 15.6. The molecule has 1 fully saturated rings. The Labute approximate surface area is 539 Å². The number of hydrogen-bond donors (Lipinski definition) is 15. The maximum Gasteiger partial charge on any atom is 0.243 e. The zero-order chi connectivity index (χ0) is 67.4. The Kier molecular flexibility index (Phi) is 37.2. The van der Waals surface area contributed by atoms with Crippen LogP contribution in [0.15, 0.2) is 42.5 Å². The first-order valence-corrected chi connectivity index (χ1v) is 33.4. The van der Waals surface area contributed by atoms with E-state index in [1.807, 2.05) is 84.0 Å². The van der Waals surface area contributed by atoms with Gasteiger partial charge in [0.1, 0.15) is 54.4 Å². The summed E-state index contributed by atoms with van der Waals surface area (Å²) in [5.74, 6) is -6.57. The van der Waals surface area contributed by atoms with Crippen molar-refractivity contribution < 1.29 is 47.9 Å². The molecule has 0 bridgehead atoms. The molecule has 10 amide bonds. The molecule has 1 saturated carbocycles. The van der Waals surface area contributed by atoms with Crippen molar-refractivity contribution in [3.63, 3.8) is 0 Å². The van der Waals surface area contributed by atoms with Crippen LogP contribution < -0.4 is 82.3 Å². The molecule has 512 valence electrons. The maximum atomic E-state index is 15.1. The molecule has 2 aromatic carbocycles. The predicted octanol–water partition coefficient (Wildman–Crippen LogP) is 1.81. The van der Waals surface area contributed by atoms with Crippen LogP contribution in [0.4, 0.5) is 0 Å². The summed E-state index contributed by atoms with van der Waals surface area (Å²) in [4.78, 5) is 141. The summed E-state index contributed by atoms with van der Waals surface area (Å²) < 4.78 is 0. The van der Waals surface area contributed by atoms with Crippen LogP contribution in [0.3, 0.4) is 0 Å². The van der Waals surface area contributed by atoms with Crippen LogP contribution in [0.1, 0.15) is 182 Å². The van der Waals surface area contributed by atoms with Crippen molar-refractivity contribution in [2.45, 2.75) is 237 Å². The van der Waals surface area contributed by atoms with Crippen molar-refractivity contribution in [3.8, 4) is 0 Å². The number of nitrogens with one attached hydrogen (secondary N) is 9. The molecule has 3 rings (SSSR count). The van der Waals surface area contributed by atoms with Crippen LogP contribution >= 0.6 is 0 Å². The van der Waals surface area contributed by atoms with Gasteiger partial charge < -0.3 is 82.3 Å². The number of fused-ring (bicyclic) bond motifs is 1. The number of nitrogens with two attached hydrogens (primary N) is 6. The van der Waals surface area contributed by atoms with E-state index in [9.17, 15) is 43.2 Å². The van der Waals surface area contributed by atoms with Crippen molar-refractivity contribution >= 4 is 69.8 Å². The molecule has 25 heteroatoms. The summed E-state index contributed by atoms with van der Waals surface area (Å²) in [6.45, 7) is 12.1. The maximum absolute atomic E-state index is 15.1. The summed E-state index contributed by atoms with van der Waals surface area (Å²) in [6.07, 6.45) is 9.93. The third-order valence-electron chi connectivity index (χ3n) is 16.4. The molecule has 0 aliphatic heterocycles. The number of benzene rings is 2. The Balaban J connectivity index is 2.03. The topological polar surface area (TPSA) is 435 Å². The molecule has 21 N–H and O–H groups in total. The van der Waals surface area contributed by atoms with Gasteiger partial charge in [0.2, 0.25) is 59.1 Å². The summed E-state index contributed by atoms with van der Waals surface area (Å²) in [5.41, 5.74) is 35.6. The molecule has 1 aliphatic carbocycles. The molecule has 0 spiro atoms. The number of carbonyl (C=O) groups excluding carboxylic acids is 10. The predicted molar refractivity (Wildman–Crippen MR) is 354 cm³/mol. The third kappa shape index (κ3) is 30.0. The Morgan fingerprint density at radius 2 is 0.725 bits per heavy atom. The zero-order valence-electron chi connectivity index (χ0n) is 55.2. The van der Waals surface area contributed by atoms with Crippen molar-refractivity contribution in [2.24, 2.45) is 58.1 Å². The van der Waals surface area contributed by atoms with Gasteiger partial charge in [-0.25, -0.2) is 0 Å². The minimum atomic E-state index is -1.36. The number of rotatable bonds is 45. The molecular weight excluding hydrogens is 1160 g/mol. The van der Waals surface area contributed by atoms with E-state index in [2.05, 4.69) is 47.9 Å². The first-order chi connectivity index (χ1) is 43.4. The fourth-order valence-electron chi connectivity index (χ4n) is 11.4. The monoisotopic (exact) mass is 1280 g/mol. The molecule has 0 unspecified atom stereocenters. The van der Waals surface area contributed by atoms with Gasteiger partial charge in [-0.05, 0) is 169 Å². The standard InChI is InChI=1S/C66H113N15O10/c1-41(2)34-53(73-57(82)40-71)63(88)80-54(35-42(3)4)64(89)76-48(24-12-16-30-67)59(84)75-51(27-15-19-33-70)62(87)81-56(39-45-28-29-46-22-10-11-23-47(46)37-45)66(91)77-49(25-13-17-31-68)60(85)74-50(26-14-18-32-69)61(86)79-55(36-43(5)6)65(90)78-52(58(72)83)38-44-20-8-7-9-21-44/h10-11,22-23,28-29,37,41-44,48-56H,7-9,12-21,24-27,30-36,38-40,67-71H2,1-6H3,(H2,72,83)(H,73,82)(H,74,85)(H,75,84)(H,76,89)(H,77,91)(H,78,90)(H,79,86)(H,80,88)(H,81,87)/t48-,49-,50-,51-,52-,53-,54-,55-,56-/m0/s1. The molecule has 0 radical (unpaired) electrons. The molecule has 2 aromatic rings. The lowest BCUT2D eigenvalue weighted by Gasteiger charge is -2.29. The highest BCUT2D eigenvalue weighted by molar-refractivity contribution is 5.99. The van der Waals surface area contributed by atoms with Crippen molar-refractivity contribution in [1.82, 2.24) is 47.9 Å². The lowest BCUT2D eigenvalue weighted by atomic mass is 9.84. The van der Waals surface area contributed by atoms with E-state index in [0.717, 1.165) is 42.9 Å². The second-order valence-corrected chi connectivity index (χ2v) is 25.9. The zero-order valence-corrected chi connectivity index (χ0v) is 55.2. The van der Waals surface area contributed by atoms with E-state index in [0.29, 0.717) is 76.4 Å². The van der Waals surface area contributed by atoms with E-state index in [4.69, 9.17) is 34.4 Å². The van der Waals surface area contributed by atoms with Gasteiger partial charge in [-0.2, -0.15) is 0 Å². The summed E-state index contributed by atoms with van der Waals surface area (Å²) >= 11 is 0. The number of unbranched alkanes of at least 4 members (excludes halogenated alkanes) is 4. The van der Waals surface area contributed by atoms with Crippen LogP contribution in [0.5, 0.6) is 0 Å². The second-order valence-electron chi connectivity index (χ2n) is 25.9. The Bertz CT molecular complexity index is 2600. The number of primary amides is 1. The third-order valence-corrected chi connectivity index (χ3v) is 16.4. The van der Waals surface area contributed by atoms with Gasteiger partial charge in [-0.1, -0.05) is 116 Å². The van der Waals surface area contributed by atoms with Crippen LogP contribution in [0.2, 0.25) is 0 Å². The Morgan fingerprint density at radius 3 is 1.09 bits per heavy atom. The molecular formula is C66H113N15O10. The largest absolute Gasteiger partial charge is 0.368 e. The first kappa shape index (κ1) is 78.4. The van der Waals surface area contributed by atoms with Crippen LogP contribution in [0, 0.1) is 23.7 Å². The SMILES string of the molecule is CC(C)C[C@H](NC(=O)CN)C(=O)N[C@@H](CC(C)C)C(=O)N[C@@H](CCCCN)C(=O)N[C@@H](CCCCN)C(=O)N[C@@H](Cc1ccc2ccccc2c1)C(=O)N[C@@H](CCCCN)C(=O)N[C@@H](CCCCN)C(=O)N[C@@H](CC(C)C)C(=O)N[C@@H](CC1CCCCC1)C(N)=O. The molecule has 1 aliphatic rings. The average molecular weight is 1280 g/mol. The highest BCUT2D eigenvalue weighted by atomic mass is 16.2. The highest BCUT2D eigenvalue weighted by Gasteiger charge is 2.36. The summed E-state index contributed by atoms with van der Waals surface area (Å²) in [6, 6.07) is 2.77. The number of hydrogen-bond acceptors (Lipinski definition) is 15. The minimum Gasteiger partial charge on any atom is -0.368 e. The van der Waals surface area contributed by atoms with Gasteiger partial charge in [0, 0.05) is 6.42 Å². The van der Waals surface area contributed by atoms with E-state index >= 15 is 4.79 Å². The molecule has 25 nitrogen and oxygen atoms in total. The Morgan fingerprint density at radius 1 is 0.396 bits per heavy atom. The highest BCUT2D eigenvalue weighted by Crippen LogP contribution is 2.28. The van der Waals surface area contributed by atoms with Crippen LogP contribution in [0.25, 0.3) is 10.8 Å². The van der Waals surface area contributed by atoms with Crippen molar-refractivity contribution in [3.05, 3.63) is 48.0 Å². The second kappa shape index (κ2) is 43.1. The Hall–Kier alpha value is -6.80. The molecule has 0 heterocycles. The van der Waals surface area contributed by atoms with Gasteiger partial charge in [-0.15, -0.1) is 0 Å². The van der Waals surface area contributed by atoms with Gasteiger partial charge in [0.25, 0.3) is 0 Å². The first-order valence-electron chi connectivity index (χ1n) is 33.4. The lowest BCUT2D eigenvalue weighted by Crippen LogP contribution is -2.61. The van der Waals surface area contributed by atoms with Gasteiger partial charge in [-0.3, -0.25) is 47.9 Å². The van der Waals surface area contributed by atoms with Gasteiger partial charge in [0.15, 0.2) is 0 Å². The molecule has 9 atom stereocenters. The summed E-state index contributed by atoms with van der Waals surface area (Å²) in [5, 5.41) is 27.2. The fraction of sp³-hybridized carbons (Fsp3) is 0.697. The summed E-state index contributed by atoms with van der Waals surface area (Å²) in [7, 11) is 0. The smallest absolute Gasteiger partial charge is 0.243 e. The van der Waals surface area contributed by atoms with Gasteiger partial charge in [0.05, 0.1) is 6.54 Å². The lowest BCUT2D eigenvalue weighted by molar-refractivity contribution is -0.136. The van der Waals surface area contributed by atoms with E-state index < -0.39 is 113 Å². The van der Waals surface area contributed by atoms with Crippen molar-refractivity contribution in [1.29, 1.82) is 0 Å². The van der Waals surface area contributed by atoms with Crippen molar-refractivity contribution in [2.75, 3.05) is 32.7 Å². The van der Waals surface area contributed by atoms with Crippen LogP contribution in [-0.4, -0.2) is 146 Å². The fourth-order valence-corrected chi connectivity index (χ4v) is 11.4. The minimum absolute atomic E-state index is 0.00799. The quantitative estimate of drug-likeness (QED) is 0.0421. The van der Waals surface area contributed by atoms with E-state index in [1.54, 1.807) is 0 Å². The number of carbonyl (C=O) groups is 10.